The number of nitrogens with one attached hydrogen (secondary N) is 1. The molecule has 1 heterocycles. The molecule has 1 N–H and O–H groups in total. The number of hydrogen-bond acceptors (Lipinski definition) is 3. The van der Waals surface area contributed by atoms with Crippen molar-refractivity contribution in [1.82, 2.24) is 0 Å². The average Bonchev–Trinajstić information content (AvgIpc) is 3.05. The molecule has 1 aliphatic heterocycles. The lowest BCUT2D eigenvalue weighted by atomic mass is 10.0. The van der Waals surface area contributed by atoms with Gasteiger partial charge in [-0.25, -0.2) is 8.78 Å². The van der Waals surface area contributed by atoms with Crippen LogP contribution >= 0.6 is 11.6 Å². The Balaban J connectivity index is 1.74. The van der Waals surface area contributed by atoms with Gasteiger partial charge in [-0.3, -0.25) is 14.5 Å². The van der Waals surface area contributed by atoms with E-state index < -0.39 is 23.6 Å². The van der Waals surface area contributed by atoms with Crippen molar-refractivity contribution in [3.8, 4) is 5.75 Å². The largest absolute Gasteiger partial charge is 0.497 e. The van der Waals surface area contributed by atoms with Gasteiger partial charge in [-0.15, -0.1) is 0 Å². The molecule has 8 heteroatoms. The molecular weight excluding hydrogens is 414 g/mol. The standard InChI is InChI=1S/C22H15ClF2N2O3/c1-30-13-8-6-12(7-9-13)27-20(14-4-2-3-5-15(14)22(27)29)21(28)26-19-10-16(23)17(24)11-18(19)25/h2-11,20H,1H3,(H,26,28). The van der Waals surface area contributed by atoms with Crippen molar-refractivity contribution in [2.75, 3.05) is 17.3 Å². The molecule has 3 aromatic rings. The first-order valence-corrected chi connectivity index (χ1v) is 9.30. The highest BCUT2D eigenvalue weighted by Gasteiger charge is 2.42. The number of rotatable bonds is 4. The monoisotopic (exact) mass is 428 g/mol. The van der Waals surface area contributed by atoms with Crippen LogP contribution in [-0.4, -0.2) is 18.9 Å². The maximum Gasteiger partial charge on any atom is 0.259 e. The Labute approximate surface area is 175 Å². The number of amides is 2. The van der Waals surface area contributed by atoms with E-state index in [1.165, 1.54) is 12.0 Å². The van der Waals surface area contributed by atoms with Crippen LogP contribution in [0.5, 0.6) is 5.75 Å². The molecule has 1 atom stereocenters. The first-order chi connectivity index (χ1) is 14.4. The Morgan fingerprint density at radius 2 is 1.77 bits per heavy atom. The lowest BCUT2D eigenvalue weighted by Crippen LogP contribution is -2.35. The van der Waals surface area contributed by atoms with Gasteiger partial charge in [-0.05, 0) is 42.0 Å². The summed E-state index contributed by atoms with van der Waals surface area (Å²) in [5.41, 5.74) is 1.03. The predicted molar refractivity (Wildman–Crippen MR) is 109 cm³/mol. The third kappa shape index (κ3) is 3.37. The highest BCUT2D eigenvalue weighted by Crippen LogP contribution is 2.39. The van der Waals surface area contributed by atoms with Crippen LogP contribution in [0.25, 0.3) is 0 Å². The lowest BCUT2D eigenvalue weighted by molar-refractivity contribution is -0.117. The molecular formula is C22H15ClF2N2O3. The number of fused-ring (bicyclic) bond motifs is 1. The lowest BCUT2D eigenvalue weighted by Gasteiger charge is -2.25. The van der Waals surface area contributed by atoms with Crippen molar-refractivity contribution in [3.63, 3.8) is 0 Å². The smallest absolute Gasteiger partial charge is 0.259 e. The van der Waals surface area contributed by atoms with Gasteiger partial charge >= 0.3 is 0 Å². The van der Waals surface area contributed by atoms with Crippen molar-refractivity contribution >= 4 is 34.8 Å². The fraction of sp³-hybridized carbons (Fsp3) is 0.0909. The SMILES string of the molecule is COc1ccc(N2C(=O)c3ccccc3C2C(=O)Nc2cc(Cl)c(F)cc2F)cc1. The summed E-state index contributed by atoms with van der Waals surface area (Å²) in [5, 5.41) is 2.09. The van der Waals surface area contributed by atoms with E-state index in [4.69, 9.17) is 16.3 Å². The molecule has 2 amide bonds. The minimum atomic E-state index is -1.05. The summed E-state index contributed by atoms with van der Waals surface area (Å²) in [6, 6.07) is 13.9. The third-order valence-electron chi connectivity index (χ3n) is 4.83. The van der Waals surface area contributed by atoms with E-state index in [1.54, 1.807) is 48.5 Å². The molecule has 1 unspecified atom stereocenters. The van der Waals surface area contributed by atoms with Crippen LogP contribution in [0.15, 0.2) is 60.7 Å². The van der Waals surface area contributed by atoms with Crippen LogP contribution in [0.1, 0.15) is 22.0 Å². The summed E-state index contributed by atoms with van der Waals surface area (Å²) < 4.78 is 32.7. The van der Waals surface area contributed by atoms with Crippen LogP contribution < -0.4 is 15.0 Å². The highest BCUT2D eigenvalue weighted by molar-refractivity contribution is 6.31. The van der Waals surface area contributed by atoms with E-state index in [9.17, 15) is 18.4 Å². The number of ether oxygens (including phenoxy) is 1. The Bertz CT molecular complexity index is 1150. The molecule has 4 rings (SSSR count). The summed E-state index contributed by atoms with van der Waals surface area (Å²) in [7, 11) is 1.52. The number of hydrogen-bond donors (Lipinski definition) is 1. The first kappa shape index (κ1) is 19.8. The van der Waals surface area contributed by atoms with Crippen LogP contribution in [0.2, 0.25) is 5.02 Å². The average molecular weight is 429 g/mol. The fourth-order valence-electron chi connectivity index (χ4n) is 3.40. The van der Waals surface area contributed by atoms with Crippen LogP contribution in [0.3, 0.4) is 0 Å². The summed E-state index contributed by atoms with van der Waals surface area (Å²) in [5.74, 6) is -2.35. The van der Waals surface area contributed by atoms with E-state index in [1.807, 2.05) is 0 Å². The van der Waals surface area contributed by atoms with Gasteiger partial charge in [0, 0.05) is 17.3 Å². The second kappa shape index (κ2) is 7.76. The Morgan fingerprint density at radius 1 is 1.07 bits per heavy atom. The Hall–Kier alpha value is -3.45. The summed E-state index contributed by atoms with van der Waals surface area (Å²) in [4.78, 5) is 27.5. The zero-order valence-electron chi connectivity index (χ0n) is 15.7. The molecule has 0 aliphatic carbocycles. The maximum absolute atomic E-state index is 14.1. The van der Waals surface area contributed by atoms with E-state index in [-0.39, 0.29) is 16.6 Å². The van der Waals surface area contributed by atoms with Crippen LogP contribution in [0.4, 0.5) is 20.2 Å². The summed E-state index contributed by atoms with van der Waals surface area (Å²) in [6.45, 7) is 0. The summed E-state index contributed by atoms with van der Waals surface area (Å²) >= 11 is 5.72. The molecule has 152 valence electrons. The third-order valence-corrected chi connectivity index (χ3v) is 5.12. The van der Waals surface area contributed by atoms with Crippen molar-refractivity contribution < 1.29 is 23.1 Å². The van der Waals surface area contributed by atoms with Crippen LogP contribution in [0, 0.1) is 11.6 Å². The van der Waals surface area contributed by atoms with Gasteiger partial charge in [-0.2, -0.15) is 0 Å². The molecule has 5 nitrogen and oxygen atoms in total. The van der Waals surface area contributed by atoms with E-state index in [0.717, 1.165) is 6.07 Å². The number of carbonyl (C=O) groups is 2. The van der Waals surface area contributed by atoms with E-state index in [0.29, 0.717) is 28.6 Å². The molecule has 0 bridgehead atoms. The van der Waals surface area contributed by atoms with E-state index >= 15 is 0 Å². The number of halogens is 3. The van der Waals surface area contributed by atoms with Crippen molar-refractivity contribution in [1.29, 1.82) is 0 Å². The second-order valence-electron chi connectivity index (χ2n) is 6.60. The second-order valence-corrected chi connectivity index (χ2v) is 7.01. The van der Waals surface area contributed by atoms with Gasteiger partial charge in [0.2, 0.25) is 0 Å². The maximum atomic E-state index is 14.1. The Kier molecular flexibility index (Phi) is 5.13. The molecule has 0 spiro atoms. The minimum absolute atomic E-state index is 0.280. The minimum Gasteiger partial charge on any atom is -0.497 e. The van der Waals surface area contributed by atoms with Gasteiger partial charge in [0.1, 0.15) is 23.4 Å². The van der Waals surface area contributed by atoms with Crippen LogP contribution in [-0.2, 0) is 4.79 Å². The van der Waals surface area contributed by atoms with Gasteiger partial charge in [0.05, 0.1) is 17.8 Å². The molecule has 30 heavy (non-hydrogen) atoms. The number of carbonyl (C=O) groups excluding carboxylic acids is 2. The molecule has 3 aromatic carbocycles. The molecule has 0 saturated heterocycles. The fourth-order valence-corrected chi connectivity index (χ4v) is 3.57. The first-order valence-electron chi connectivity index (χ1n) is 8.92. The van der Waals surface area contributed by atoms with Crippen molar-refractivity contribution in [2.24, 2.45) is 0 Å². The topological polar surface area (TPSA) is 58.6 Å². The molecule has 0 saturated carbocycles. The van der Waals surface area contributed by atoms with Gasteiger partial charge in [0.15, 0.2) is 0 Å². The highest BCUT2D eigenvalue weighted by atomic mass is 35.5. The number of methoxy groups -OCH3 is 1. The molecule has 0 radical (unpaired) electrons. The number of benzene rings is 3. The zero-order chi connectivity index (χ0) is 21.4. The summed E-state index contributed by atoms with van der Waals surface area (Å²) in [6.07, 6.45) is 0. The Morgan fingerprint density at radius 3 is 2.47 bits per heavy atom. The normalized spacial score (nSPS) is 15.1. The number of anilines is 2. The molecule has 0 aromatic heterocycles. The van der Waals surface area contributed by atoms with Gasteiger partial charge < -0.3 is 10.1 Å². The van der Waals surface area contributed by atoms with Crippen molar-refractivity contribution in [2.45, 2.75) is 6.04 Å². The van der Waals surface area contributed by atoms with E-state index in [2.05, 4.69) is 5.32 Å². The molecule has 1 aliphatic rings. The van der Waals surface area contributed by atoms with Gasteiger partial charge in [-0.1, -0.05) is 29.8 Å². The van der Waals surface area contributed by atoms with Gasteiger partial charge in [0.25, 0.3) is 11.8 Å². The van der Waals surface area contributed by atoms with Crippen molar-refractivity contribution in [3.05, 3.63) is 88.4 Å². The predicted octanol–water partition coefficient (Wildman–Crippen LogP) is 4.97. The zero-order valence-corrected chi connectivity index (χ0v) is 16.4. The quantitative estimate of drug-likeness (QED) is 0.597. The number of nitrogens with zero attached hydrogens (tertiary/aromatic N) is 1. The molecule has 0 fully saturated rings.